The monoisotopic (exact) mass is 678 g/mol. The van der Waals surface area contributed by atoms with Gasteiger partial charge >= 0.3 is 18.0 Å². The Morgan fingerprint density at radius 3 is 2.56 bits per heavy atom. The number of hydrogen-bond acceptors (Lipinski definition) is 11. The van der Waals surface area contributed by atoms with Crippen LogP contribution in [0, 0.1) is 17.8 Å². The molecule has 0 saturated carbocycles. The fourth-order valence-electron chi connectivity index (χ4n) is 6.58. The van der Waals surface area contributed by atoms with Gasteiger partial charge in [0.2, 0.25) is 0 Å². The second kappa shape index (κ2) is 18.3. The first-order chi connectivity index (χ1) is 22.7. The Morgan fingerprint density at radius 1 is 1.21 bits per heavy atom. The number of cyclic esters (lactones) is 1. The number of aliphatic hydroxyl groups is 2. The first-order valence-corrected chi connectivity index (χ1v) is 17.3. The zero-order valence-electron chi connectivity index (χ0n) is 29.8. The Morgan fingerprint density at radius 2 is 1.94 bits per heavy atom. The Bertz CT molecular complexity index is 1160. The molecular weight excluding hydrogens is 620 g/mol. The first-order valence-electron chi connectivity index (χ1n) is 17.3. The minimum atomic E-state index is -1.45. The molecule has 2 fully saturated rings. The molecule has 0 radical (unpaired) electrons. The molecule has 4 N–H and O–H groups in total. The van der Waals surface area contributed by atoms with E-state index in [0.29, 0.717) is 6.54 Å². The van der Waals surface area contributed by atoms with E-state index in [1.807, 2.05) is 39.0 Å². The first kappa shape index (κ1) is 39.7. The number of carbonyl (C=O) groups excluding carboxylic acids is 3. The van der Waals surface area contributed by atoms with Gasteiger partial charge in [0.15, 0.2) is 0 Å². The number of methoxy groups -OCH3 is 1. The standard InChI is InChI=1S/C36H58N2O10/c1-9-28(44-8)24(5)33-34(47-33)32(48-35(42)38-26-16-18-37-20-26)22(3)12-10-11-21(2)31-23(4)13-14-29(45-25(6)39)36(7,43)17-15-27(40)19-30(41)46-31/h10-14,22-24,26-29,31-34,37,40,43H,9,15-20H2,1-8H3,(H,38,42)/b12-10+,14-13+,21-11+/t22?,23?,24?,26-,27?,28?,29?,31?,32?,33?,34?,36?/m1/s1. The van der Waals surface area contributed by atoms with Crippen LogP contribution in [0.2, 0.25) is 0 Å². The highest BCUT2D eigenvalue weighted by molar-refractivity contribution is 5.70. The molecule has 1 amide bonds. The lowest BCUT2D eigenvalue weighted by Crippen LogP contribution is -2.42. The van der Waals surface area contributed by atoms with Gasteiger partial charge in [0, 0.05) is 44.4 Å². The van der Waals surface area contributed by atoms with Crippen LogP contribution >= 0.6 is 0 Å². The number of rotatable bonds is 12. The maximum absolute atomic E-state index is 12.9. The lowest BCUT2D eigenvalue weighted by atomic mass is 9.88. The van der Waals surface area contributed by atoms with Crippen molar-refractivity contribution in [3.05, 3.63) is 36.0 Å². The summed E-state index contributed by atoms with van der Waals surface area (Å²) in [4.78, 5) is 37.6. The largest absolute Gasteiger partial charge is 0.457 e. The number of hydrogen-bond donors (Lipinski definition) is 4. The summed E-state index contributed by atoms with van der Waals surface area (Å²) in [6.45, 7) is 14.2. The van der Waals surface area contributed by atoms with Crippen molar-refractivity contribution in [2.24, 2.45) is 17.8 Å². The number of allylic oxidation sites excluding steroid dienone is 2. The van der Waals surface area contributed by atoms with Crippen LogP contribution in [0.1, 0.15) is 80.6 Å². The van der Waals surface area contributed by atoms with Gasteiger partial charge in [-0.3, -0.25) is 9.59 Å². The second-order valence-electron chi connectivity index (χ2n) is 13.9. The van der Waals surface area contributed by atoms with Crippen LogP contribution in [-0.4, -0.2) is 103 Å². The second-order valence-corrected chi connectivity index (χ2v) is 13.9. The molecule has 0 bridgehead atoms. The van der Waals surface area contributed by atoms with Crippen molar-refractivity contribution >= 4 is 18.0 Å². The molecule has 0 aliphatic carbocycles. The van der Waals surface area contributed by atoms with Gasteiger partial charge in [-0.15, -0.1) is 0 Å². The average Bonchev–Trinajstić information content (AvgIpc) is 3.65. The maximum atomic E-state index is 12.9. The summed E-state index contributed by atoms with van der Waals surface area (Å²) in [6, 6.07) is 0.0172. The molecule has 48 heavy (non-hydrogen) atoms. The highest BCUT2D eigenvalue weighted by Crippen LogP contribution is 2.39. The normalized spacial score (nSPS) is 34.9. The molecule has 0 aromatic carbocycles. The summed E-state index contributed by atoms with van der Waals surface area (Å²) in [6.07, 6.45) is 6.63. The van der Waals surface area contributed by atoms with Crippen molar-refractivity contribution < 1.29 is 48.3 Å². The lowest BCUT2D eigenvalue weighted by molar-refractivity contribution is -0.157. The van der Waals surface area contributed by atoms with Gasteiger partial charge in [0.25, 0.3) is 0 Å². The van der Waals surface area contributed by atoms with Gasteiger partial charge in [0.05, 0.1) is 24.7 Å². The Balaban J connectivity index is 1.80. The van der Waals surface area contributed by atoms with Crippen molar-refractivity contribution in [1.29, 1.82) is 0 Å². The number of ether oxygens (including phenoxy) is 5. The maximum Gasteiger partial charge on any atom is 0.407 e. The van der Waals surface area contributed by atoms with Crippen molar-refractivity contribution in [3.8, 4) is 0 Å². The van der Waals surface area contributed by atoms with E-state index < -0.39 is 48.0 Å². The van der Waals surface area contributed by atoms with E-state index in [-0.39, 0.29) is 61.4 Å². The van der Waals surface area contributed by atoms with Crippen molar-refractivity contribution in [1.82, 2.24) is 10.6 Å². The predicted octanol–water partition coefficient (Wildman–Crippen LogP) is 3.74. The van der Waals surface area contributed by atoms with Crippen LogP contribution in [-0.2, 0) is 33.3 Å². The number of carbonyl (C=O) groups is 3. The van der Waals surface area contributed by atoms with E-state index in [1.54, 1.807) is 26.2 Å². The molecule has 0 aromatic rings. The van der Waals surface area contributed by atoms with Gasteiger partial charge in [-0.05, 0) is 57.7 Å². The fraction of sp³-hybridized carbons (Fsp3) is 0.750. The Labute approximate surface area is 285 Å². The van der Waals surface area contributed by atoms with E-state index in [0.717, 1.165) is 25.0 Å². The number of alkyl carbamates (subject to hydrolysis) is 1. The third kappa shape index (κ3) is 11.7. The number of amides is 1. The van der Waals surface area contributed by atoms with E-state index in [9.17, 15) is 24.6 Å². The smallest absolute Gasteiger partial charge is 0.407 e. The van der Waals surface area contributed by atoms with Crippen LogP contribution in [0.3, 0.4) is 0 Å². The predicted molar refractivity (Wildman–Crippen MR) is 180 cm³/mol. The van der Waals surface area contributed by atoms with Gasteiger partial charge in [-0.2, -0.15) is 0 Å². The summed E-state index contributed by atoms with van der Waals surface area (Å²) in [7, 11) is 1.69. The molecular formula is C36H58N2O10. The summed E-state index contributed by atoms with van der Waals surface area (Å²) in [5, 5.41) is 27.7. The Hall–Kier alpha value is -2.77. The van der Waals surface area contributed by atoms with Crippen molar-refractivity contribution in [2.75, 3.05) is 20.2 Å². The Kier molecular flexibility index (Phi) is 15.1. The van der Waals surface area contributed by atoms with Crippen molar-refractivity contribution in [2.45, 2.75) is 135 Å². The molecule has 12 nitrogen and oxygen atoms in total. The summed E-state index contributed by atoms with van der Waals surface area (Å²) < 4.78 is 29.0. The molecule has 3 rings (SSSR count). The van der Waals surface area contributed by atoms with Crippen LogP contribution in [0.5, 0.6) is 0 Å². The highest BCUT2D eigenvalue weighted by Gasteiger charge is 2.52. The third-order valence-corrected chi connectivity index (χ3v) is 9.68. The van der Waals surface area contributed by atoms with Crippen LogP contribution in [0.15, 0.2) is 36.0 Å². The summed E-state index contributed by atoms with van der Waals surface area (Å²) in [5.74, 6) is -1.56. The molecule has 272 valence electrons. The molecule has 3 heterocycles. The minimum absolute atomic E-state index is 0.0172. The quantitative estimate of drug-likeness (QED) is 0.0781. The lowest BCUT2D eigenvalue weighted by Gasteiger charge is -2.32. The summed E-state index contributed by atoms with van der Waals surface area (Å²) in [5.41, 5.74) is -0.715. The number of esters is 2. The molecule has 0 aromatic heterocycles. The topological polar surface area (TPSA) is 165 Å². The van der Waals surface area contributed by atoms with Crippen LogP contribution in [0.4, 0.5) is 4.79 Å². The van der Waals surface area contributed by atoms with Crippen LogP contribution < -0.4 is 10.6 Å². The van der Waals surface area contributed by atoms with E-state index in [1.165, 1.54) is 6.92 Å². The number of epoxide rings is 1. The molecule has 0 spiro atoms. The zero-order chi connectivity index (χ0) is 35.6. The van der Waals surface area contributed by atoms with Crippen LogP contribution in [0.25, 0.3) is 0 Å². The van der Waals surface area contributed by atoms with Gasteiger partial charge in [-0.1, -0.05) is 52.0 Å². The molecule has 12 atom stereocenters. The SMILES string of the molecule is CCC(OC)C(C)C1OC1C(OC(=O)N[C@@H]1CCNC1)C(C)/C=C/C=C(\C)C1OC(=O)CC(O)CCC(C)(O)C(OC(C)=O)/C=C/C1C. The third-order valence-electron chi connectivity index (χ3n) is 9.68. The number of nitrogens with one attached hydrogen (secondary N) is 2. The fourth-order valence-corrected chi connectivity index (χ4v) is 6.58. The van der Waals surface area contributed by atoms with Gasteiger partial charge in [-0.25, -0.2) is 4.79 Å². The highest BCUT2D eigenvalue weighted by atomic mass is 16.6. The van der Waals surface area contributed by atoms with Gasteiger partial charge < -0.3 is 44.5 Å². The molecule has 11 unspecified atom stereocenters. The average molecular weight is 679 g/mol. The van der Waals surface area contributed by atoms with E-state index in [2.05, 4.69) is 24.5 Å². The van der Waals surface area contributed by atoms with Crippen molar-refractivity contribution in [3.63, 3.8) is 0 Å². The number of aliphatic hydroxyl groups excluding tert-OH is 1. The summed E-state index contributed by atoms with van der Waals surface area (Å²) >= 11 is 0. The zero-order valence-corrected chi connectivity index (χ0v) is 29.8. The van der Waals surface area contributed by atoms with Gasteiger partial charge in [0.1, 0.15) is 30.0 Å². The molecule has 3 aliphatic heterocycles. The van der Waals surface area contributed by atoms with E-state index in [4.69, 9.17) is 23.7 Å². The molecule has 2 saturated heterocycles. The van der Waals surface area contributed by atoms with E-state index >= 15 is 0 Å². The molecule has 3 aliphatic rings. The minimum Gasteiger partial charge on any atom is -0.457 e. The molecule has 12 heteroatoms.